The first-order valence-electron chi connectivity index (χ1n) is 8.21. The molecule has 0 N–H and O–H groups in total. The third kappa shape index (κ3) is 4.59. The van der Waals surface area contributed by atoms with Crippen molar-refractivity contribution in [3.05, 3.63) is 58.3 Å². The van der Waals surface area contributed by atoms with Crippen molar-refractivity contribution < 1.29 is 22.4 Å². The van der Waals surface area contributed by atoms with E-state index in [9.17, 15) is 22.4 Å². The molecule has 1 aromatic carbocycles. The van der Waals surface area contributed by atoms with Gasteiger partial charge in [-0.05, 0) is 36.8 Å². The zero-order chi connectivity index (χ0) is 19.6. The number of nitrogens with zero attached hydrogens (tertiary/aromatic N) is 3. The smallest absolute Gasteiger partial charge is 0.315 e. The van der Waals surface area contributed by atoms with Crippen LogP contribution in [0.15, 0.2) is 41.5 Å². The number of halogens is 5. The fourth-order valence-electron chi connectivity index (χ4n) is 2.54. The summed E-state index contributed by atoms with van der Waals surface area (Å²) in [5.74, 6) is -2.11. The van der Waals surface area contributed by atoms with Crippen LogP contribution in [0.2, 0.25) is 0 Å². The van der Waals surface area contributed by atoms with E-state index in [0.29, 0.717) is 29.6 Å². The Balaban J connectivity index is 0.00000280. The van der Waals surface area contributed by atoms with Crippen molar-refractivity contribution in [1.29, 1.82) is 0 Å². The maximum Gasteiger partial charge on any atom is 0.416 e. The van der Waals surface area contributed by atoms with Crippen LogP contribution in [0.25, 0.3) is 10.3 Å². The van der Waals surface area contributed by atoms with Crippen molar-refractivity contribution >= 4 is 40.0 Å². The molecule has 2 aromatic heterocycles. The Morgan fingerprint density at radius 3 is 2.71 bits per heavy atom. The number of hydrogen-bond acceptors (Lipinski definition) is 3. The number of rotatable bonds is 4. The van der Waals surface area contributed by atoms with Crippen molar-refractivity contribution in [3.8, 4) is 0 Å². The Bertz CT molecular complexity index is 1060. The average molecular weight is 434 g/mol. The number of unbranched alkanes of at least 4 members (excludes halogenated alkanes) is 1. The molecule has 0 saturated carbocycles. The number of hydrogen-bond donors (Lipinski definition) is 0. The Kier molecular flexibility index (Phi) is 6.95. The number of alkyl halides is 3. The Morgan fingerprint density at radius 2 is 2.04 bits per heavy atom. The number of pyridine rings is 1. The van der Waals surface area contributed by atoms with Crippen LogP contribution in [0.5, 0.6) is 0 Å². The van der Waals surface area contributed by atoms with E-state index in [1.165, 1.54) is 0 Å². The molecule has 0 spiro atoms. The minimum absolute atomic E-state index is 0. The SMILES string of the molecule is CCCCn1c(=NC(=O)c2cc(C(F)(F)F)ccc2F)sc2ncccc21.Cl. The predicted molar refractivity (Wildman–Crippen MR) is 101 cm³/mol. The molecule has 10 heteroatoms. The van der Waals surface area contributed by atoms with Crippen molar-refractivity contribution in [2.24, 2.45) is 4.99 Å². The Hall–Kier alpha value is -2.26. The highest BCUT2D eigenvalue weighted by molar-refractivity contribution is 7.15. The van der Waals surface area contributed by atoms with Gasteiger partial charge in [-0.1, -0.05) is 24.7 Å². The fourth-order valence-corrected chi connectivity index (χ4v) is 3.54. The summed E-state index contributed by atoms with van der Waals surface area (Å²) in [5.41, 5.74) is -1.04. The number of amides is 1. The molecule has 0 unspecified atom stereocenters. The number of aromatic nitrogens is 2. The first kappa shape index (κ1) is 22.0. The molecule has 4 nitrogen and oxygen atoms in total. The van der Waals surface area contributed by atoms with E-state index < -0.39 is 29.0 Å². The van der Waals surface area contributed by atoms with Gasteiger partial charge in [0.2, 0.25) is 0 Å². The van der Waals surface area contributed by atoms with Crippen LogP contribution in [-0.2, 0) is 12.7 Å². The van der Waals surface area contributed by atoms with Crippen LogP contribution in [0, 0.1) is 5.82 Å². The van der Waals surface area contributed by atoms with Crippen molar-refractivity contribution in [1.82, 2.24) is 9.55 Å². The molecule has 2 heterocycles. The van der Waals surface area contributed by atoms with E-state index in [4.69, 9.17) is 0 Å². The Morgan fingerprint density at radius 1 is 1.29 bits per heavy atom. The summed E-state index contributed by atoms with van der Waals surface area (Å²) in [6, 6.07) is 5.28. The summed E-state index contributed by atoms with van der Waals surface area (Å²) < 4.78 is 54.3. The summed E-state index contributed by atoms with van der Waals surface area (Å²) in [6.07, 6.45) is -1.35. The summed E-state index contributed by atoms with van der Waals surface area (Å²) in [6.45, 7) is 2.58. The molecule has 0 fully saturated rings. The highest BCUT2D eigenvalue weighted by atomic mass is 35.5. The van der Waals surface area contributed by atoms with Gasteiger partial charge in [-0.15, -0.1) is 12.4 Å². The molecule has 28 heavy (non-hydrogen) atoms. The molecule has 0 bridgehead atoms. The van der Waals surface area contributed by atoms with Crippen molar-refractivity contribution in [2.45, 2.75) is 32.5 Å². The van der Waals surface area contributed by atoms with Crippen LogP contribution in [0.4, 0.5) is 17.6 Å². The number of carbonyl (C=O) groups is 1. The Labute approximate surface area is 168 Å². The molecule has 1 amide bonds. The highest BCUT2D eigenvalue weighted by Crippen LogP contribution is 2.30. The summed E-state index contributed by atoms with van der Waals surface area (Å²) in [7, 11) is 0. The van der Waals surface area contributed by atoms with Crippen LogP contribution in [0.1, 0.15) is 35.7 Å². The summed E-state index contributed by atoms with van der Waals surface area (Å²) in [5, 5.41) is 0. The second-order valence-corrected chi connectivity index (χ2v) is 6.78. The molecule has 0 aliphatic rings. The normalized spacial score (nSPS) is 12.2. The van der Waals surface area contributed by atoms with Gasteiger partial charge in [0.25, 0.3) is 5.91 Å². The van der Waals surface area contributed by atoms with Gasteiger partial charge in [0, 0.05) is 12.7 Å². The second-order valence-electron chi connectivity index (χ2n) is 5.83. The van der Waals surface area contributed by atoms with E-state index in [1.807, 2.05) is 13.0 Å². The van der Waals surface area contributed by atoms with Crippen LogP contribution in [-0.4, -0.2) is 15.5 Å². The van der Waals surface area contributed by atoms with E-state index in [2.05, 4.69) is 9.98 Å². The molecule has 0 aliphatic carbocycles. The lowest BCUT2D eigenvalue weighted by atomic mass is 10.1. The topological polar surface area (TPSA) is 47.2 Å². The number of thiazole rings is 1. The maximum atomic E-state index is 14.0. The quantitative estimate of drug-likeness (QED) is 0.530. The molecule has 3 aromatic rings. The highest BCUT2D eigenvalue weighted by Gasteiger charge is 2.32. The first-order valence-corrected chi connectivity index (χ1v) is 9.03. The van der Waals surface area contributed by atoms with Gasteiger partial charge in [0.1, 0.15) is 10.6 Å². The third-order valence-corrected chi connectivity index (χ3v) is 4.92. The standard InChI is InChI=1S/C18H15F4N3OS.ClH/c1-2-3-9-25-14-5-4-8-23-16(14)27-17(25)24-15(26)12-10-11(18(20,21)22)6-7-13(12)19;/h4-8,10H,2-3,9H2,1H3;1H. The van der Waals surface area contributed by atoms with Crippen molar-refractivity contribution in [2.75, 3.05) is 0 Å². The predicted octanol–water partition coefficient (Wildman–Crippen LogP) is 5.22. The molecule has 3 rings (SSSR count). The number of benzene rings is 1. The minimum atomic E-state index is -4.68. The molecule has 0 saturated heterocycles. The maximum absolute atomic E-state index is 14.0. The molecular formula is C18H16ClF4N3OS. The van der Waals surface area contributed by atoms with Crippen LogP contribution >= 0.6 is 23.7 Å². The summed E-state index contributed by atoms with van der Waals surface area (Å²) >= 11 is 1.13. The van der Waals surface area contributed by atoms with Gasteiger partial charge >= 0.3 is 6.18 Å². The zero-order valence-corrected chi connectivity index (χ0v) is 16.3. The van der Waals surface area contributed by atoms with Crippen molar-refractivity contribution in [3.63, 3.8) is 0 Å². The zero-order valence-electron chi connectivity index (χ0n) is 14.7. The third-order valence-electron chi connectivity index (χ3n) is 3.92. The monoisotopic (exact) mass is 433 g/mol. The summed E-state index contributed by atoms with van der Waals surface area (Å²) in [4.78, 5) is 21.5. The van der Waals surface area contributed by atoms with Gasteiger partial charge in [-0.25, -0.2) is 9.37 Å². The molecular weight excluding hydrogens is 418 g/mol. The van der Waals surface area contributed by atoms with Crippen LogP contribution < -0.4 is 4.80 Å². The number of fused-ring (bicyclic) bond motifs is 1. The number of aryl methyl sites for hydroxylation is 1. The molecule has 0 aliphatic heterocycles. The molecule has 0 atom stereocenters. The van der Waals surface area contributed by atoms with Gasteiger partial charge in [0.05, 0.1) is 16.6 Å². The van der Waals surface area contributed by atoms with E-state index in [1.54, 1.807) is 16.8 Å². The average Bonchev–Trinajstić information content (AvgIpc) is 2.96. The van der Waals surface area contributed by atoms with Gasteiger partial charge in [-0.2, -0.15) is 18.2 Å². The lowest BCUT2D eigenvalue weighted by Crippen LogP contribution is -2.18. The lowest BCUT2D eigenvalue weighted by Gasteiger charge is -2.08. The van der Waals surface area contributed by atoms with Gasteiger partial charge < -0.3 is 4.57 Å². The van der Waals surface area contributed by atoms with Gasteiger partial charge in [0.15, 0.2) is 4.80 Å². The van der Waals surface area contributed by atoms with E-state index >= 15 is 0 Å². The minimum Gasteiger partial charge on any atom is -0.315 e. The van der Waals surface area contributed by atoms with Crippen LogP contribution in [0.3, 0.4) is 0 Å². The van der Waals surface area contributed by atoms with E-state index in [-0.39, 0.29) is 17.2 Å². The second kappa shape index (κ2) is 8.83. The molecule has 150 valence electrons. The largest absolute Gasteiger partial charge is 0.416 e. The number of carbonyl (C=O) groups excluding carboxylic acids is 1. The lowest BCUT2D eigenvalue weighted by molar-refractivity contribution is -0.137. The van der Waals surface area contributed by atoms with E-state index in [0.717, 1.165) is 29.7 Å². The molecule has 0 radical (unpaired) electrons. The fraction of sp³-hybridized carbons (Fsp3) is 0.278. The van der Waals surface area contributed by atoms with Gasteiger partial charge in [-0.3, -0.25) is 4.79 Å². The first-order chi connectivity index (χ1) is 12.8.